The third-order valence-electron chi connectivity index (χ3n) is 2.00. The predicted octanol–water partition coefficient (Wildman–Crippen LogP) is 2.70. The molecule has 1 aliphatic rings. The molecular weight excluding hydrogens is 158 g/mol. The second-order valence-corrected chi connectivity index (χ2v) is 3.49. The number of hydrogen-bond acceptors (Lipinski definition) is 1. The van der Waals surface area contributed by atoms with Gasteiger partial charge in [-0.1, -0.05) is 17.7 Å². The average Bonchev–Trinajstić information content (AvgIpc) is 2.27. The quantitative estimate of drug-likeness (QED) is 0.627. The summed E-state index contributed by atoms with van der Waals surface area (Å²) in [7, 11) is 0. The Bertz CT molecular complexity index is 283. The van der Waals surface area contributed by atoms with Gasteiger partial charge in [-0.2, -0.15) is 0 Å². The summed E-state index contributed by atoms with van der Waals surface area (Å²) < 4.78 is 0. The van der Waals surface area contributed by atoms with E-state index < -0.39 is 0 Å². The van der Waals surface area contributed by atoms with Gasteiger partial charge in [-0.15, -0.1) is 0 Å². The van der Waals surface area contributed by atoms with Crippen molar-refractivity contribution in [1.82, 2.24) is 0 Å². The summed E-state index contributed by atoms with van der Waals surface area (Å²) >= 11 is 5.83. The van der Waals surface area contributed by atoms with Crippen molar-refractivity contribution in [3.05, 3.63) is 28.8 Å². The molecule has 58 valence electrons. The molecule has 1 N–H and O–H groups in total. The minimum atomic E-state index is 0.559. The molecule has 11 heavy (non-hydrogen) atoms. The molecule has 0 radical (unpaired) electrons. The molecule has 0 aromatic heterocycles. The summed E-state index contributed by atoms with van der Waals surface area (Å²) in [5.41, 5.74) is 2.58. The zero-order valence-corrected chi connectivity index (χ0v) is 7.15. The van der Waals surface area contributed by atoms with Gasteiger partial charge >= 0.3 is 0 Å². The summed E-state index contributed by atoms with van der Waals surface area (Å²) in [6, 6.07) is 6.58. The number of nitrogens with one attached hydrogen (secondary N) is 1. The molecule has 2 heteroatoms. The zero-order valence-electron chi connectivity index (χ0n) is 6.39. The molecule has 1 aliphatic heterocycles. The predicted molar refractivity (Wildman–Crippen MR) is 48.2 cm³/mol. The fourth-order valence-electron chi connectivity index (χ4n) is 1.51. The van der Waals surface area contributed by atoms with Gasteiger partial charge in [0, 0.05) is 16.8 Å². The van der Waals surface area contributed by atoms with Crippen molar-refractivity contribution in [3.63, 3.8) is 0 Å². The van der Waals surface area contributed by atoms with Gasteiger partial charge in [-0.25, -0.2) is 0 Å². The Morgan fingerprint density at radius 2 is 2.36 bits per heavy atom. The maximum Gasteiger partial charge on any atom is 0.0426 e. The molecule has 0 spiro atoms. The van der Waals surface area contributed by atoms with Gasteiger partial charge in [-0.3, -0.25) is 0 Å². The fraction of sp³-hybridized carbons (Fsp3) is 0.333. The van der Waals surface area contributed by atoms with Crippen molar-refractivity contribution < 1.29 is 0 Å². The molecule has 1 atom stereocenters. The lowest BCUT2D eigenvalue weighted by molar-refractivity contribution is 0.839. The minimum absolute atomic E-state index is 0.559. The lowest BCUT2D eigenvalue weighted by atomic mass is 10.1. The Morgan fingerprint density at radius 1 is 1.55 bits per heavy atom. The SMILES string of the molecule is C[C@H]1Cc2ccc(Cl)cc2N1. The van der Waals surface area contributed by atoms with Crippen molar-refractivity contribution in [1.29, 1.82) is 0 Å². The maximum absolute atomic E-state index is 5.83. The average molecular weight is 168 g/mol. The van der Waals surface area contributed by atoms with E-state index in [1.165, 1.54) is 11.3 Å². The zero-order chi connectivity index (χ0) is 7.84. The number of benzene rings is 1. The molecule has 0 fully saturated rings. The van der Waals surface area contributed by atoms with E-state index in [-0.39, 0.29) is 0 Å². The van der Waals surface area contributed by atoms with E-state index in [1.807, 2.05) is 12.1 Å². The molecular formula is C9H10ClN. The van der Waals surface area contributed by atoms with Crippen LogP contribution in [0.1, 0.15) is 12.5 Å². The van der Waals surface area contributed by atoms with Crippen LogP contribution in [-0.4, -0.2) is 6.04 Å². The van der Waals surface area contributed by atoms with Crippen LogP contribution in [0.3, 0.4) is 0 Å². The molecule has 1 heterocycles. The number of fused-ring (bicyclic) bond motifs is 1. The summed E-state index contributed by atoms with van der Waals surface area (Å²) in [6.45, 7) is 2.17. The molecule has 1 aromatic rings. The van der Waals surface area contributed by atoms with Gasteiger partial charge in [-0.05, 0) is 31.0 Å². The lowest BCUT2D eigenvalue weighted by Crippen LogP contribution is -2.08. The van der Waals surface area contributed by atoms with Crippen LogP contribution in [0.25, 0.3) is 0 Å². The monoisotopic (exact) mass is 167 g/mol. The Morgan fingerprint density at radius 3 is 3.18 bits per heavy atom. The highest BCUT2D eigenvalue weighted by atomic mass is 35.5. The van der Waals surface area contributed by atoms with Crippen molar-refractivity contribution in [3.8, 4) is 0 Å². The minimum Gasteiger partial charge on any atom is -0.382 e. The highest BCUT2D eigenvalue weighted by molar-refractivity contribution is 6.30. The first kappa shape index (κ1) is 6.99. The highest BCUT2D eigenvalue weighted by Crippen LogP contribution is 2.28. The van der Waals surface area contributed by atoms with Crippen LogP contribution in [0.2, 0.25) is 5.02 Å². The summed E-state index contributed by atoms with van der Waals surface area (Å²) in [6.07, 6.45) is 1.12. The third-order valence-corrected chi connectivity index (χ3v) is 2.24. The second-order valence-electron chi connectivity index (χ2n) is 3.05. The first-order valence-electron chi connectivity index (χ1n) is 3.80. The van der Waals surface area contributed by atoms with Crippen LogP contribution in [-0.2, 0) is 6.42 Å². The van der Waals surface area contributed by atoms with Crippen molar-refractivity contribution in [2.45, 2.75) is 19.4 Å². The van der Waals surface area contributed by atoms with E-state index in [0.717, 1.165) is 11.4 Å². The summed E-state index contributed by atoms with van der Waals surface area (Å²) in [5, 5.41) is 4.16. The number of anilines is 1. The largest absolute Gasteiger partial charge is 0.382 e. The highest BCUT2D eigenvalue weighted by Gasteiger charge is 2.15. The molecule has 0 amide bonds. The van der Waals surface area contributed by atoms with E-state index in [2.05, 4.69) is 18.3 Å². The molecule has 2 rings (SSSR count). The summed E-state index contributed by atoms with van der Waals surface area (Å²) in [5.74, 6) is 0. The van der Waals surface area contributed by atoms with Crippen LogP contribution >= 0.6 is 11.6 Å². The molecule has 0 saturated heterocycles. The van der Waals surface area contributed by atoms with Crippen molar-refractivity contribution in [2.24, 2.45) is 0 Å². The van der Waals surface area contributed by atoms with Gasteiger partial charge < -0.3 is 5.32 Å². The smallest absolute Gasteiger partial charge is 0.0426 e. The Balaban J connectivity index is 2.43. The molecule has 1 nitrogen and oxygen atoms in total. The first-order chi connectivity index (χ1) is 5.25. The summed E-state index contributed by atoms with van der Waals surface area (Å²) in [4.78, 5) is 0. The molecule has 1 aromatic carbocycles. The Hall–Kier alpha value is -0.690. The fourth-order valence-corrected chi connectivity index (χ4v) is 1.68. The van der Waals surface area contributed by atoms with Gasteiger partial charge in [0.25, 0.3) is 0 Å². The van der Waals surface area contributed by atoms with E-state index in [1.54, 1.807) is 0 Å². The van der Waals surface area contributed by atoms with Gasteiger partial charge in [0.05, 0.1) is 0 Å². The maximum atomic E-state index is 5.83. The Labute approximate surface area is 71.4 Å². The molecule has 0 saturated carbocycles. The van der Waals surface area contributed by atoms with Gasteiger partial charge in [0.15, 0.2) is 0 Å². The van der Waals surface area contributed by atoms with Crippen LogP contribution in [0.5, 0.6) is 0 Å². The topological polar surface area (TPSA) is 12.0 Å². The number of hydrogen-bond donors (Lipinski definition) is 1. The van der Waals surface area contributed by atoms with E-state index in [9.17, 15) is 0 Å². The van der Waals surface area contributed by atoms with Crippen LogP contribution < -0.4 is 5.32 Å². The first-order valence-corrected chi connectivity index (χ1v) is 4.18. The van der Waals surface area contributed by atoms with Crippen LogP contribution in [0.15, 0.2) is 18.2 Å². The molecule has 0 unspecified atom stereocenters. The van der Waals surface area contributed by atoms with Crippen molar-refractivity contribution >= 4 is 17.3 Å². The van der Waals surface area contributed by atoms with Gasteiger partial charge in [0.2, 0.25) is 0 Å². The normalized spacial score (nSPS) is 21.1. The van der Waals surface area contributed by atoms with Crippen molar-refractivity contribution in [2.75, 3.05) is 5.32 Å². The van der Waals surface area contributed by atoms with Crippen LogP contribution in [0.4, 0.5) is 5.69 Å². The lowest BCUT2D eigenvalue weighted by Gasteiger charge is -2.01. The Kier molecular flexibility index (Phi) is 1.53. The van der Waals surface area contributed by atoms with Crippen LogP contribution in [0, 0.1) is 0 Å². The van der Waals surface area contributed by atoms with E-state index in [0.29, 0.717) is 6.04 Å². The second kappa shape index (κ2) is 2.42. The van der Waals surface area contributed by atoms with E-state index in [4.69, 9.17) is 11.6 Å². The number of rotatable bonds is 0. The van der Waals surface area contributed by atoms with E-state index >= 15 is 0 Å². The number of halogens is 1. The standard InChI is InChI=1S/C9H10ClN/c1-6-4-7-2-3-8(10)5-9(7)11-6/h2-3,5-6,11H,4H2,1H3/t6-/m0/s1. The third kappa shape index (κ3) is 1.21. The molecule has 0 bridgehead atoms. The molecule has 0 aliphatic carbocycles. The van der Waals surface area contributed by atoms with Gasteiger partial charge in [0.1, 0.15) is 0 Å².